The van der Waals surface area contributed by atoms with Crippen LogP contribution in [-0.2, 0) is 4.79 Å². The Morgan fingerprint density at radius 2 is 1.86 bits per heavy atom. The van der Waals surface area contributed by atoms with Gasteiger partial charge in [0.05, 0.1) is 18.0 Å². The second-order valence-corrected chi connectivity index (χ2v) is 10.8. The minimum Gasteiger partial charge on any atom is -0.431 e. The third-order valence-corrected chi connectivity index (χ3v) is 9.67. The molecule has 29 heavy (non-hydrogen) atoms. The molecule has 4 saturated carbocycles. The number of hydrogen-bond acceptors (Lipinski definition) is 5. The number of fused-ring (bicyclic) bond motifs is 5. The van der Waals surface area contributed by atoms with Crippen molar-refractivity contribution >= 4 is 5.78 Å². The van der Waals surface area contributed by atoms with Crippen LogP contribution in [0.3, 0.4) is 0 Å². The fraction of sp³-hybridized carbons (Fsp3) is 0.750. The Bertz CT molecular complexity index is 871. The molecule has 4 fully saturated rings. The lowest BCUT2D eigenvalue weighted by Gasteiger charge is -2.63. The number of aliphatic hydroxyl groups excluding tert-OH is 1. The molecule has 0 unspecified atom stereocenters. The first-order valence-corrected chi connectivity index (χ1v) is 11.2. The summed E-state index contributed by atoms with van der Waals surface area (Å²) in [5, 5.41) is 21.7. The molecule has 0 saturated heterocycles. The van der Waals surface area contributed by atoms with E-state index in [1.54, 1.807) is 6.26 Å². The zero-order valence-electron chi connectivity index (χ0n) is 17.4. The van der Waals surface area contributed by atoms with Crippen molar-refractivity contribution < 1.29 is 19.4 Å². The smallest absolute Gasteiger partial charge is 0.335 e. The Morgan fingerprint density at radius 1 is 1.07 bits per heavy atom. The molecule has 158 valence electrons. The van der Waals surface area contributed by atoms with E-state index in [0.29, 0.717) is 36.9 Å². The van der Waals surface area contributed by atoms with Gasteiger partial charge in [-0.3, -0.25) is 4.79 Å². The SMILES string of the molecule is C[C@]12CC[C@H]3[C@@H](CC[C@]4(O)C[C@@H](O)CC[C@]34C)[C@H]1C(=O)C[C@@H]2c1ccc(=O)oc1. The van der Waals surface area contributed by atoms with Crippen LogP contribution in [0.1, 0.15) is 76.7 Å². The van der Waals surface area contributed by atoms with Gasteiger partial charge in [0.25, 0.3) is 0 Å². The molecule has 0 radical (unpaired) electrons. The summed E-state index contributed by atoms with van der Waals surface area (Å²) in [6.07, 6.45) is 7.16. The Balaban J connectivity index is 1.50. The number of ketones is 1. The largest absolute Gasteiger partial charge is 0.431 e. The summed E-state index contributed by atoms with van der Waals surface area (Å²) in [4.78, 5) is 24.7. The summed E-state index contributed by atoms with van der Waals surface area (Å²) in [5.41, 5.74) is -0.570. The van der Waals surface area contributed by atoms with Gasteiger partial charge in [0.2, 0.25) is 0 Å². The summed E-state index contributed by atoms with van der Waals surface area (Å²) in [5.74, 6) is 1.05. The molecule has 0 bridgehead atoms. The van der Waals surface area contributed by atoms with Gasteiger partial charge in [0, 0.05) is 24.8 Å². The monoisotopic (exact) mass is 400 g/mol. The summed E-state index contributed by atoms with van der Waals surface area (Å²) in [7, 11) is 0. The maximum absolute atomic E-state index is 13.3. The fourth-order valence-corrected chi connectivity index (χ4v) is 8.09. The summed E-state index contributed by atoms with van der Waals surface area (Å²) < 4.78 is 5.12. The van der Waals surface area contributed by atoms with E-state index >= 15 is 0 Å². The van der Waals surface area contributed by atoms with Crippen LogP contribution in [-0.4, -0.2) is 27.7 Å². The van der Waals surface area contributed by atoms with Gasteiger partial charge in [-0.05, 0) is 78.7 Å². The van der Waals surface area contributed by atoms with Gasteiger partial charge in [0.1, 0.15) is 5.78 Å². The average molecular weight is 401 g/mol. The molecule has 1 heterocycles. The quantitative estimate of drug-likeness (QED) is 0.754. The Morgan fingerprint density at radius 3 is 2.59 bits per heavy atom. The van der Waals surface area contributed by atoms with Crippen molar-refractivity contribution in [3.8, 4) is 0 Å². The normalized spacial score (nSPS) is 49.2. The number of hydrogen-bond donors (Lipinski definition) is 2. The predicted molar refractivity (Wildman–Crippen MR) is 107 cm³/mol. The first-order chi connectivity index (χ1) is 13.7. The van der Waals surface area contributed by atoms with E-state index in [0.717, 1.165) is 37.7 Å². The minimum absolute atomic E-state index is 0.00593. The first kappa shape index (κ1) is 19.5. The number of aliphatic hydroxyl groups is 2. The first-order valence-electron chi connectivity index (χ1n) is 11.2. The van der Waals surface area contributed by atoms with E-state index < -0.39 is 11.7 Å². The molecule has 5 nitrogen and oxygen atoms in total. The van der Waals surface area contributed by atoms with Crippen molar-refractivity contribution in [3.05, 3.63) is 34.4 Å². The van der Waals surface area contributed by atoms with E-state index in [9.17, 15) is 19.8 Å². The highest BCUT2D eigenvalue weighted by atomic mass is 16.4. The molecule has 8 atom stereocenters. The molecule has 0 spiro atoms. The molecule has 2 N–H and O–H groups in total. The van der Waals surface area contributed by atoms with Gasteiger partial charge in [-0.15, -0.1) is 0 Å². The van der Waals surface area contributed by atoms with E-state index in [-0.39, 0.29) is 28.3 Å². The molecule has 5 rings (SSSR count). The van der Waals surface area contributed by atoms with Gasteiger partial charge < -0.3 is 14.6 Å². The lowest BCUT2D eigenvalue weighted by Crippen LogP contribution is -2.63. The predicted octanol–water partition coefficient (Wildman–Crippen LogP) is 3.42. The van der Waals surface area contributed by atoms with Crippen LogP contribution in [0.4, 0.5) is 0 Å². The van der Waals surface area contributed by atoms with E-state index in [4.69, 9.17) is 4.42 Å². The molecule has 5 heteroatoms. The van der Waals surface area contributed by atoms with Gasteiger partial charge in [-0.25, -0.2) is 4.79 Å². The van der Waals surface area contributed by atoms with Crippen LogP contribution in [0.2, 0.25) is 0 Å². The summed E-state index contributed by atoms with van der Waals surface area (Å²) >= 11 is 0. The van der Waals surface area contributed by atoms with E-state index in [1.807, 2.05) is 6.07 Å². The highest BCUT2D eigenvalue weighted by Gasteiger charge is 2.66. The lowest BCUT2D eigenvalue weighted by molar-refractivity contribution is -0.217. The highest BCUT2D eigenvalue weighted by Crippen LogP contribution is 2.68. The summed E-state index contributed by atoms with van der Waals surface area (Å²) in [6.45, 7) is 4.46. The molecule has 4 aliphatic carbocycles. The van der Waals surface area contributed by atoms with Gasteiger partial charge >= 0.3 is 5.63 Å². The van der Waals surface area contributed by atoms with Crippen molar-refractivity contribution in [1.29, 1.82) is 0 Å². The van der Waals surface area contributed by atoms with Crippen LogP contribution in [0.5, 0.6) is 0 Å². The van der Waals surface area contributed by atoms with Crippen molar-refractivity contribution in [2.75, 3.05) is 0 Å². The van der Waals surface area contributed by atoms with Crippen LogP contribution in [0.15, 0.2) is 27.6 Å². The topological polar surface area (TPSA) is 87.7 Å². The van der Waals surface area contributed by atoms with E-state index in [1.165, 1.54) is 6.07 Å². The third-order valence-electron chi connectivity index (χ3n) is 9.67. The second kappa shape index (κ2) is 6.27. The molecule has 0 aromatic carbocycles. The second-order valence-electron chi connectivity index (χ2n) is 10.8. The van der Waals surface area contributed by atoms with Gasteiger partial charge in [-0.1, -0.05) is 13.8 Å². The molecular formula is C24H32O5. The average Bonchev–Trinajstić information content (AvgIpc) is 2.94. The van der Waals surface area contributed by atoms with Crippen molar-refractivity contribution in [2.24, 2.45) is 28.6 Å². The molecule has 1 aromatic heterocycles. The van der Waals surface area contributed by atoms with Crippen molar-refractivity contribution in [3.63, 3.8) is 0 Å². The number of carbonyl (C=O) groups excluding carboxylic acids is 1. The van der Waals surface area contributed by atoms with Crippen LogP contribution >= 0.6 is 0 Å². The molecule has 0 amide bonds. The molecule has 4 aliphatic rings. The van der Waals surface area contributed by atoms with Crippen LogP contribution < -0.4 is 5.63 Å². The Kier molecular flexibility index (Phi) is 4.22. The lowest BCUT2D eigenvalue weighted by atomic mass is 9.43. The van der Waals surface area contributed by atoms with Crippen molar-refractivity contribution in [2.45, 2.75) is 82.8 Å². The number of rotatable bonds is 1. The minimum atomic E-state index is -0.816. The standard InChI is InChI=1S/C24H32O5/c1-22-8-7-17-16(6-10-24(28)12-15(25)5-9-23(17,24)2)21(22)19(26)11-18(22)14-3-4-20(27)29-13-14/h3-4,13,15-18,21,25,28H,5-12H2,1-2H3/t15-,16+,17-,18+,21-,22+,23+,24-/m0/s1. The van der Waals surface area contributed by atoms with Crippen molar-refractivity contribution in [1.82, 2.24) is 0 Å². The molecule has 1 aromatic rings. The Labute approximate surface area is 171 Å². The molecule has 0 aliphatic heterocycles. The van der Waals surface area contributed by atoms with Crippen LogP contribution in [0, 0.1) is 28.6 Å². The van der Waals surface area contributed by atoms with Crippen LogP contribution in [0.25, 0.3) is 0 Å². The number of carbonyl (C=O) groups is 1. The third kappa shape index (κ3) is 2.59. The zero-order chi connectivity index (χ0) is 20.6. The van der Waals surface area contributed by atoms with E-state index in [2.05, 4.69) is 13.8 Å². The highest BCUT2D eigenvalue weighted by molar-refractivity contribution is 5.86. The van der Waals surface area contributed by atoms with Gasteiger partial charge in [-0.2, -0.15) is 0 Å². The number of Topliss-reactive ketones (excluding diaryl/α,β-unsaturated/α-hetero) is 1. The molecular weight excluding hydrogens is 368 g/mol. The van der Waals surface area contributed by atoms with Gasteiger partial charge in [0.15, 0.2) is 0 Å². The Hall–Kier alpha value is -1.46. The fourth-order valence-electron chi connectivity index (χ4n) is 8.09. The maximum atomic E-state index is 13.3. The summed E-state index contributed by atoms with van der Waals surface area (Å²) in [6, 6.07) is 3.28. The maximum Gasteiger partial charge on any atom is 0.335 e. The zero-order valence-corrected chi connectivity index (χ0v) is 17.4.